The summed E-state index contributed by atoms with van der Waals surface area (Å²) in [4.78, 5) is 26.3. The summed E-state index contributed by atoms with van der Waals surface area (Å²) in [7, 11) is 1.40. The normalized spacial score (nSPS) is 11.4. The second kappa shape index (κ2) is 9.71. The molecule has 0 fully saturated rings. The fourth-order valence-corrected chi connectivity index (χ4v) is 3.90. The Labute approximate surface area is 187 Å². The van der Waals surface area contributed by atoms with Crippen LogP contribution in [-0.4, -0.2) is 46.3 Å². The molecule has 1 aromatic carbocycles. The Morgan fingerprint density at radius 1 is 1.29 bits per heavy atom. The highest BCUT2D eigenvalue weighted by Gasteiger charge is 2.33. The Morgan fingerprint density at radius 2 is 2.06 bits per heavy atom. The molecule has 13 heteroatoms. The van der Waals surface area contributed by atoms with Crippen molar-refractivity contribution in [1.82, 2.24) is 15.1 Å². The number of carbonyl (C=O) groups excluding carboxylic acids is 2. The lowest BCUT2D eigenvalue weighted by Gasteiger charge is -2.17. The van der Waals surface area contributed by atoms with Crippen LogP contribution in [0.25, 0.3) is 10.8 Å². The minimum absolute atomic E-state index is 0.0605. The second-order valence-corrected chi connectivity index (χ2v) is 8.41. The number of halogens is 4. The molecule has 0 spiro atoms. The molecule has 0 atom stereocenters. The summed E-state index contributed by atoms with van der Waals surface area (Å²) in [5, 5.41) is 11.7. The fourth-order valence-electron chi connectivity index (χ4n) is 2.33. The molecule has 2 aromatic heterocycles. The SMILES string of the molecule is CN(CC(=O)Nc1ccc(Cl)c(C(F)(F)F)c1)C(=O)CSc1nnc(-c2cccs2)o1. The van der Waals surface area contributed by atoms with Gasteiger partial charge in [0.2, 0.25) is 11.8 Å². The van der Waals surface area contributed by atoms with E-state index < -0.39 is 28.6 Å². The largest absolute Gasteiger partial charge is 0.417 e. The van der Waals surface area contributed by atoms with Gasteiger partial charge in [-0.1, -0.05) is 29.4 Å². The second-order valence-electron chi connectivity index (χ2n) is 6.13. The van der Waals surface area contributed by atoms with Crippen molar-refractivity contribution in [3.63, 3.8) is 0 Å². The molecular formula is C18H14ClF3N4O3S2. The number of benzene rings is 1. The number of anilines is 1. The molecular weight excluding hydrogens is 477 g/mol. The van der Waals surface area contributed by atoms with Crippen LogP contribution in [0, 0.1) is 0 Å². The average Bonchev–Trinajstić information content (AvgIpc) is 3.38. The number of aromatic nitrogens is 2. The van der Waals surface area contributed by atoms with E-state index in [2.05, 4.69) is 15.5 Å². The summed E-state index contributed by atoms with van der Waals surface area (Å²) in [5.74, 6) is -0.772. The molecule has 3 aromatic rings. The molecule has 3 rings (SSSR count). The molecule has 0 unspecified atom stereocenters. The van der Waals surface area contributed by atoms with Gasteiger partial charge in [0, 0.05) is 12.7 Å². The highest BCUT2D eigenvalue weighted by molar-refractivity contribution is 7.99. The summed E-state index contributed by atoms with van der Waals surface area (Å²) in [6, 6.07) is 6.68. The van der Waals surface area contributed by atoms with Gasteiger partial charge in [0.15, 0.2) is 0 Å². The molecule has 7 nitrogen and oxygen atoms in total. The van der Waals surface area contributed by atoms with Crippen molar-refractivity contribution >= 4 is 52.2 Å². The lowest BCUT2D eigenvalue weighted by Crippen LogP contribution is -2.36. The molecule has 0 aliphatic rings. The third-order valence-electron chi connectivity index (χ3n) is 3.82. The summed E-state index contributed by atoms with van der Waals surface area (Å²) >= 11 is 8.00. The summed E-state index contributed by atoms with van der Waals surface area (Å²) in [6.45, 7) is -0.354. The number of thiophene rings is 1. The number of likely N-dealkylation sites (N-methyl/N-ethyl adjacent to an activating group) is 1. The van der Waals surface area contributed by atoms with Gasteiger partial charge >= 0.3 is 6.18 Å². The van der Waals surface area contributed by atoms with Crippen LogP contribution in [0.15, 0.2) is 45.4 Å². The zero-order valence-corrected chi connectivity index (χ0v) is 18.2. The van der Waals surface area contributed by atoms with Crippen LogP contribution in [0.5, 0.6) is 0 Å². The zero-order chi connectivity index (χ0) is 22.6. The van der Waals surface area contributed by atoms with Crippen molar-refractivity contribution in [2.75, 3.05) is 24.7 Å². The van der Waals surface area contributed by atoms with Crippen molar-refractivity contribution in [2.45, 2.75) is 11.4 Å². The summed E-state index contributed by atoms with van der Waals surface area (Å²) in [5.41, 5.74) is -1.14. The number of thioether (sulfide) groups is 1. The van der Waals surface area contributed by atoms with Crippen molar-refractivity contribution in [3.8, 4) is 10.8 Å². The van der Waals surface area contributed by atoms with Crippen LogP contribution in [-0.2, 0) is 15.8 Å². The van der Waals surface area contributed by atoms with Crippen molar-refractivity contribution in [3.05, 3.63) is 46.3 Å². The number of amides is 2. The molecule has 1 N–H and O–H groups in total. The monoisotopic (exact) mass is 490 g/mol. The molecule has 2 amide bonds. The molecule has 164 valence electrons. The molecule has 0 aliphatic heterocycles. The zero-order valence-electron chi connectivity index (χ0n) is 15.8. The van der Waals surface area contributed by atoms with Gasteiger partial charge in [-0.3, -0.25) is 9.59 Å². The molecule has 0 saturated heterocycles. The standard InChI is InChI=1S/C18H14ClF3N4O3S2/c1-26(8-14(27)23-10-4-5-12(19)11(7-10)18(20,21)22)15(28)9-31-17-25-24-16(29-17)13-3-2-6-30-13/h2-7H,8-9H2,1H3,(H,23,27). The van der Waals surface area contributed by atoms with Gasteiger partial charge in [-0.2, -0.15) is 13.2 Å². The smallest absolute Gasteiger partial charge is 0.410 e. The van der Waals surface area contributed by atoms with E-state index in [9.17, 15) is 22.8 Å². The lowest BCUT2D eigenvalue weighted by atomic mass is 10.2. The van der Waals surface area contributed by atoms with Crippen LogP contribution in [0.2, 0.25) is 5.02 Å². The molecule has 2 heterocycles. The van der Waals surface area contributed by atoms with E-state index in [1.807, 2.05) is 17.5 Å². The van der Waals surface area contributed by atoms with Gasteiger partial charge in [0.25, 0.3) is 11.1 Å². The number of nitrogens with one attached hydrogen (secondary N) is 1. The van der Waals surface area contributed by atoms with E-state index in [0.29, 0.717) is 5.89 Å². The maximum atomic E-state index is 12.9. The number of rotatable bonds is 7. The predicted octanol–water partition coefficient (Wildman–Crippen LogP) is 4.66. The molecule has 0 bridgehead atoms. The number of alkyl halides is 3. The topological polar surface area (TPSA) is 88.3 Å². The Hall–Kier alpha value is -2.57. The first-order valence-corrected chi connectivity index (χ1v) is 10.8. The Kier molecular flexibility index (Phi) is 7.23. The summed E-state index contributed by atoms with van der Waals surface area (Å²) < 4.78 is 44.2. The van der Waals surface area contributed by atoms with Crippen molar-refractivity contribution < 1.29 is 27.2 Å². The quantitative estimate of drug-likeness (QED) is 0.485. The predicted molar refractivity (Wildman–Crippen MR) is 111 cm³/mol. The van der Waals surface area contributed by atoms with Crippen molar-refractivity contribution in [2.24, 2.45) is 0 Å². The molecule has 0 radical (unpaired) electrons. The van der Waals surface area contributed by atoms with Gasteiger partial charge in [0.1, 0.15) is 0 Å². The highest BCUT2D eigenvalue weighted by Crippen LogP contribution is 2.36. The van der Waals surface area contributed by atoms with Gasteiger partial charge in [-0.15, -0.1) is 21.5 Å². The summed E-state index contributed by atoms with van der Waals surface area (Å²) in [6.07, 6.45) is -4.65. The Morgan fingerprint density at radius 3 is 2.74 bits per heavy atom. The number of hydrogen-bond donors (Lipinski definition) is 1. The maximum Gasteiger partial charge on any atom is 0.417 e. The third-order valence-corrected chi connectivity index (χ3v) is 5.81. The van der Waals surface area contributed by atoms with Gasteiger partial charge in [-0.25, -0.2) is 0 Å². The van der Waals surface area contributed by atoms with Crippen LogP contribution >= 0.6 is 34.7 Å². The van der Waals surface area contributed by atoms with Crippen LogP contribution in [0.3, 0.4) is 0 Å². The van der Waals surface area contributed by atoms with Gasteiger partial charge in [-0.05, 0) is 29.6 Å². The van der Waals surface area contributed by atoms with Crippen molar-refractivity contribution in [1.29, 1.82) is 0 Å². The van der Waals surface area contributed by atoms with E-state index >= 15 is 0 Å². The van der Waals surface area contributed by atoms with E-state index in [0.717, 1.165) is 33.7 Å². The van der Waals surface area contributed by atoms with E-state index in [1.165, 1.54) is 24.5 Å². The minimum Gasteiger partial charge on any atom is -0.410 e. The van der Waals surface area contributed by atoms with Crippen LogP contribution < -0.4 is 5.32 Å². The number of nitrogens with zero attached hydrogens (tertiary/aromatic N) is 3. The molecule has 0 saturated carbocycles. The Balaban J connectivity index is 1.51. The van der Waals surface area contributed by atoms with Gasteiger partial charge in [0.05, 0.1) is 27.8 Å². The molecule has 31 heavy (non-hydrogen) atoms. The first-order chi connectivity index (χ1) is 14.6. The van der Waals surface area contributed by atoms with Crippen LogP contribution in [0.4, 0.5) is 18.9 Å². The third kappa shape index (κ3) is 6.21. The number of carbonyl (C=O) groups is 2. The van der Waals surface area contributed by atoms with E-state index in [-0.39, 0.29) is 23.2 Å². The lowest BCUT2D eigenvalue weighted by molar-refractivity contribution is -0.137. The highest BCUT2D eigenvalue weighted by atomic mass is 35.5. The molecule has 0 aliphatic carbocycles. The van der Waals surface area contributed by atoms with Gasteiger partial charge < -0.3 is 14.6 Å². The van der Waals surface area contributed by atoms with E-state index in [1.54, 1.807) is 0 Å². The first-order valence-electron chi connectivity index (χ1n) is 8.54. The fraction of sp³-hybridized carbons (Fsp3) is 0.222. The minimum atomic E-state index is -4.65. The Bertz CT molecular complexity index is 1070. The first kappa shape index (κ1) is 23.1. The number of hydrogen-bond acceptors (Lipinski definition) is 7. The average molecular weight is 491 g/mol. The van der Waals surface area contributed by atoms with Crippen LogP contribution in [0.1, 0.15) is 5.56 Å². The maximum absolute atomic E-state index is 12.9. The van der Waals surface area contributed by atoms with E-state index in [4.69, 9.17) is 16.0 Å².